The maximum atomic E-state index is 12.6. The summed E-state index contributed by atoms with van der Waals surface area (Å²) in [5, 5.41) is 18.3. The van der Waals surface area contributed by atoms with Gasteiger partial charge in [0.15, 0.2) is 6.10 Å². The normalized spacial score (nSPS) is 14.5. The lowest BCUT2D eigenvalue weighted by molar-refractivity contribution is -0.161. The molecule has 0 saturated heterocycles. The third-order valence-corrected chi connectivity index (χ3v) is 9.60. The highest BCUT2D eigenvalue weighted by atomic mass is 31.2. The predicted molar refractivity (Wildman–Crippen MR) is 224 cm³/mol. The number of hydrogen-bond donors (Lipinski definition) is 3. The van der Waals surface area contributed by atoms with Crippen molar-refractivity contribution >= 4 is 19.8 Å². The number of phosphoric ester groups is 1. The smallest absolute Gasteiger partial charge is 0.462 e. The second-order valence-corrected chi connectivity index (χ2v) is 15.5. The SMILES string of the molecule is CCCC/C=C/CCCCCCCC(=O)OC[C@H](COP(=O)(O)OC[C@@H](O)CO)OC(=O)CCC/C=C/C/C=C/C/C=C/C/C=C/CCCCCCCCC. The number of carbonyl (C=O) groups excluding carboxylic acids is 2. The Morgan fingerprint density at radius 1 is 0.545 bits per heavy atom. The molecular weight excluding hydrogens is 719 g/mol. The van der Waals surface area contributed by atoms with Crippen LogP contribution in [0, 0.1) is 0 Å². The van der Waals surface area contributed by atoms with Crippen LogP contribution in [0.15, 0.2) is 60.8 Å². The molecule has 318 valence electrons. The zero-order valence-electron chi connectivity index (χ0n) is 34.4. The Bertz CT molecular complexity index is 1100. The molecule has 3 N–H and O–H groups in total. The fourth-order valence-electron chi connectivity index (χ4n) is 5.32. The van der Waals surface area contributed by atoms with Gasteiger partial charge in [-0.1, -0.05) is 145 Å². The first-order valence-corrected chi connectivity index (χ1v) is 22.7. The van der Waals surface area contributed by atoms with Crippen LogP contribution in [0.4, 0.5) is 0 Å². The van der Waals surface area contributed by atoms with Crippen LogP contribution in [0.3, 0.4) is 0 Å². The van der Waals surface area contributed by atoms with E-state index in [1.54, 1.807) is 0 Å². The summed E-state index contributed by atoms with van der Waals surface area (Å²) in [6.45, 7) is 2.25. The maximum Gasteiger partial charge on any atom is 0.472 e. The molecule has 0 rings (SSSR count). The Labute approximate surface area is 334 Å². The molecule has 0 radical (unpaired) electrons. The van der Waals surface area contributed by atoms with Crippen LogP contribution < -0.4 is 0 Å². The van der Waals surface area contributed by atoms with Crippen molar-refractivity contribution in [1.82, 2.24) is 0 Å². The first kappa shape index (κ1) is 52.7. The van der Waals surface area contributed by atoms with Gasteiger partial charge in [-0.3, -0.25) is 18.6 Å². The van der Waals surface area contributed by atoms with Gasteiger partial charge < -0.3 is 24.6 Å². The lowest BCUT2D eigenvalue weighted by atomic mass is 10.1. The van der Waals surface area contributed by atoms with E-state index in [1.807, 2.05) is 12.2 Å². The van der Waals surface area contributed by atoms with Crippen molar-refractivity contribution in [2.24, 2.45) is 0 Å². The molecule has 0 aliphatic heterocycles. The Balaban J connectivity index is 4.40. The van der Waals surface area contributed by atoms with Gasteiger partial charge in [0.2, 0.25) is 0 Å². The van der Waals surface area contributed by atoms with Crippen LogP contribution in [0.5, 0.6) is 0 Å². The second kappa shape index (κ2) is 39.9. The van der Waals surface area contributed by atoms with Crippen LogP contribution in [0.2, 0.25) is 0 Å². The molecule has 0 spiro atoms. The summed E-state index contributed by atoms with van der Waals surface area (Å²) < 4.78 is 32.6. The molecule has 0 aromatic carbocycles. The van der Waals surface area contributed by atoms with E-state index in [2.05, 4.69) is 67.0 Å². The zero-order valence-corrected chi connectivity index (χ0v) is 35.3. The molecular formula is C44H77O10P. The van der Waals surface area contributed by atoms with Gasteiger partial charge in [0, 0.05) is 12.8 Å². The van der Waals surface area contributed by atoms with Crippen LogP contribution in [0.25, 0.3) is 0 Å². The van der Waals surface area contributed by atoms with Gasteiger partial charge in [-0.05, 0) is 70.6 Å². The van der Waals surface area contributed by atoms with E-state index in [9.17, 15) is 24.2 Å². The molecule has 0 aromatic rings. The molecule has 1 unspecified atom stereocenters. The molecule has 0 aromatic heterocycles. The second-order valence-electron chi connectivity index (χ2n) is 14.0. The fourth-order valence-corrected chi connectivity index (χ4v) is 6.11. The lowest BCUT2D eigenvalue weighted by Crippen LogP contribution is -2.29. The third-order valence-electron chi connectivity index (χ3n) is 8.64. The van der Waals surface area contributed by atoms with Crippen molar-refractivity contribution in [2.75, 3.05) is 26.4 Å². The molecule has 0 saturated carbocycles. The minimum Gasteiger partial charge on any atom is -0.462 e. The molecule has 0 fully saturated rings. The van der Waals surface area contributed by atoms with Crippen LogP contribution in [-0.4, -0.2) is 65.7 Å². The summed E-state index contributed by atoms with van der Waals surface area (Å²) in [7, 11) is -4.63. The van der Waals surface area contributed by atoms with Crippen molar-refractivity contribution in [3.63, 3.8) is 0 Å². The maximum absolute atomic E-state index is 12.6. The van der Waals surface area contributed by atoms with Crippen LogP contribution in [-0.2, 0) is 32.7 Å². The summed E-state index contributed by atoms with van der Waals surface area (Å²) in [6.07, 6.45) is 43.5. The number of esters is 2. The van der Waals surface area contributed by atoms with E-state index in [4.69, 9.17) is 19.1 Å². The number of unbranched alkanes of at least 4 members (excludes halogenated alkanes) is 15. The van der Waals surface area contributed by atoms with Gasteiger partial charge >= 0.3 is 19.8 Å². The molecule has 0 amide bonds. The highest BCUT2D eigenvalue weighted by Gasteiger charge is 2.27. The minimum absolute atomic E-state index is 0.105. The number of ether oxygens (including phenoxy) is 2. The minimum atomic E-state index is -4.63. The summed E-state index contributed by atoms with van der Waals surface area (Å²) in [6, 6.07) is 0. The first-order valence-electron chi connectivity index (χ1n) is 21.2. The number of aliphatic hydroxyl groups is 2. The fraction of sp³-hybridized carbons (Fsp3) is 0.727. The number of rotatable bonds is 39. The van der Waals surface area contributed by atoms with Gasteiger partial charge in [-0.25, -0.2) is 4.57 Å². The van der Waals surface area contributed by atoms with Gasteiger partial charge in [-0.2, -0.15) is 0 Å². The average molecular weight is 797 g/mol. The van der Waals surface area contributed by atoms with Gasteiger partial charge in [0.1, 0.15) is 12.7 Å². The standard InChI is InChI=1S/C44H77O10P/c1-3-5-7-9-11-13-15-16-17-18-19-20-21-22-23-24-26-28-30-32-34-36-44(48)54-42(40-53-55(49,50)52-38-41(46)37-45)39-51-43(47)35-33-31-29-27-25-14-12-10-8-6-4-2/h10,12,17-18,20-21,23-24,28,30,41-42,45-46H,3-9,11,13-16,19,22,25-27,29,31-40H2,1-2H3,(H,49,50)/b12-10+,18-17+,21-20+,24-23+,30-28+/t41-,42+/m0/s1. The number of aliphatic hydroxyl groups excluding tert-OH is 2. The molecule has 0 bridgehead atoms. The molecule has 10 nitrogen and oxygen atoms in total. The van der Waals surface area contributed by atoms with E-state index in [-0.39, 0.29) is 19.4 Å². The van der Waals surface area contributed by atoms with E-state index in [0.717, 1.165) is 57.8 Å². The Morgan fingerprint density at radius 2 is 0.982 bits per heavy atom. The van der Waals surface area contributed by atoms with Crippen molar-refractivity contribution < 1.29 is 47.8 Å². The Hall–Kier alpha value is -2.33. The summed E-state index contributed by atoms with van der Waals surface area (Å²) in [4.78, 5) is 34.9. The summed E-state index contributed by atoms with van der Waals surface area (Å²) in [5.41, 5.74) is 0. The lowest BCUT2D eigenvalue weighted by Gasteiger charge is -2.20. The highest BCUT2D eigenvalue weighted by Crippen LogP contribution is 2.43. The molecule has 11 heteroatoms. The molecule has 3 atom stereocenters. The number of phosphoric acid groups is 1. The summed E-state index contributed by atoms with van der Waals surface area (Å²) >= 11 is 0. The molecule has 0 aliphatic rings. The largest absolute Gasteiger partial charge is 0.472 e. The van der Waals surface area contributed by atoms with E-state index in [1.165, 1.54) is 64.2 Å². The van der Waals surface area contributed by atoms with Crippen molar-refractivity contribution in [3.05, 3.63) is 60.8 Å². The highest BCUT2D eigenvalue weighted by molar-refractivity contribution is 7.47. The van der Waals surface area contributed by atoms with Crippen molar-refractivity contribution in [3.8, 4) is 0 Å². The van der Waals surface area contributed by atoms with Crippen LogP contribution in [0.1, 0.15) is 168 Å². The van der Waals surface area contributed by atoms with Gasteiger partial charge in [0.25, 0.3) is 0 Å². The monoisotopic (exact) mass is 797 g/mol. The third kappa shape index (κ3) is 39.7. The molecule has 0 heterocycles. The Morgan fingerprint density at radius 3 is 1.55 bits per heavy atom. The van der Waals surface area contributed by atoms with Crippen molar-refractivity contribution in [1.29, 1.82) is 0 Å². The van der Waals surface area contributed by atoms with Gasteiger partial charge in [-0.15, -0.1) is 0 Å². The van der Waals surface area contributed by atoms with Crippen molar-refractivity contribution in [2.45, 2.75) is 180 Å². The molecule has 0 aliphatic carbocycles. The first-order chi connectivity index (χ1) is 26.7. The average Bonchev–Trinajstić information content (AvgIpc) is 3.17. The van der Waals surface area contributed by atoms with Crippen LogP contribution >= 0.6 is 7.82 Å². The number of allylic oxidation sites excluding steroid dienone is 10. The van der Waals surface area contributed by atoms with E-state index >= 15 is 0 Å². The Kier molecular flexibility index (Phi) is 38.2. The quantitative estimate of drug-likeness (QED) is 0.0237. The predicted octanol–water partition coefficient (Wildman–Crippen LogP) is 11.1. The van der Waals surface area contributed by atoms with E-state index in [0.29, 0.717) is 19.3 Å². The molecule has 55 heavy (non-hydrogen) atoms. The topological polar surface area (TPSA) is 149 Å². The van der Waals surface area contributed by atoms with Gasteiger partial charge in [0.05, 0.1) is 19.8 Å². The number of carbonyl (C=O) groups is 2. The summed E-state index contributed by atoms with van der Waals surface area (Å²) in [5.74, 6) is -1.01. The van der Waals surface area contributed by atoms with E-state index < -0.39 is 51.8 Å². The zero-order chi connectivity index (χ0) is 40.5. The number of hydrogen-bond acceptors (Lipinski definition) is 9.